The van der Waals surface area contributed by atoms with Gasteiger partial charge in [-0.25, -0.2) is 4.39 Å². The van der Waals surface area contributed by atoms with Gasteiger partial charge in [0.25, 0.3) is 0 Å². The number of hydrogen-bond donors (Lipinski definition) is 1. The molecule has 0 bridgehead atoms. The van der Waals surface area contributed by atoms with Crippen molar-refractivity contribution < 1.29 is 4.39 Å². The molecule has 5 rings (SSSR count). The Labute approximate surface area is 153 Å². The maximum Gasteiger partial charge on any atom is 0.123 e. The van der Waals surface area contributed by atoms with Crippen molar-refractivity contribution >= 4 is 5.69 Å². The lowest BCUT2D eigenvalue weighted by Gasteiger charge is -2.38. The molecule has 128 valence electrons. The van der Waals surface area contributed by atoms with Gasteiger partial charge in [-0.1, -0.05) is 72.8 Å². The summed E-state index contributed by atoms with van der Waals surface area (Å²) < 4.78 is 13.4. The quantitative estimate of drug-likeness (QED) is 0.538. The van der Waals surface area contributed by atoms with Gasteiger partial charge in [0.15, 0.2) is 0 Å². The van der Waals surface area contributed by atoms with E-state index in [0.717, 1.165) is 12.0 Å². The van der Waals surface area contributed by atoms with Gasteiger partial charge in [0.2, 0.25) is 0 Å². The SMILES string of the molecule is Fc1ccc([C@@H]2Nc3c(-c4ccccc4)cccc3[C@H]3C=CC[C@@H]32)cc1. The van der Waals surface area contributed by atoms with E-state index >= 15 is 0 Å². The van der Waals surface area contributed by atoms with E-state index in [2.05, 4.69) is 59.9 Å². The molecule has 0 saturated carbocycles. The van der Waals surface area contributed by atoms with Crippen molar-refractivity contribution in [1.29, 1.82) is 0 Å². The number of hydrogen-bond acceptors (Lipinski definition) is 1. The molecule has 0 unspecified atom stereocenters. The Morgan fingerprint density at radius 2 is 1.65 bits per heavy atom. The summed E-state index contributed by atoms with van der Waals surface area (Å²) in [6.07, 6.45) is 5.68. The largest absolute Gasteiger partial charge is 0.377 e. The van der Waals surface area contributed by atoms with E-state index in [1.807, 2.05) is 18.2 Å². The number of allylic oxidation sites excluding steroid dienone is 2. The molecular formula is C24H20FN. The predicted molar refractivity (Wildman–Crippen MR) is 105 cm³/mol. The number of anilines is 1. The summed E-state index contributed by atoms with van der Waals surface area (Å²) in [5.41, 5.74) is 6.17. The van der Waals surface area contributed by atoms with Gasteiger partial charge in [-0.15, -0.1) is 0 Å². The fourth-order valence-corrected chi connectivity index (χ4v) is 4.48. The zero-order valence-corrected chi connectivity index (χ0v) is 14.4. The summed E-state index contributed by atoms with van der Waals surface area (Å²) in [5, 5.41) is 3.81. The predicted octanol–water partition coefficient (Wildman–Crippen LogP) is 6.32. The van der Waals surface area contributed by atoms with Crippen molar-refractivity contribution in [1.82, 2.24) is 0 Å². The van der Waals surface area contributed by atoms with Crippen LogP contribution in [0.2, 0.25) is 0 Å². The molecule has 1 aliphatic carbocycles. The second-order valence-corrected chi connectivity index (χ2v) is 7.16. The average Bonchev–Trinajstić information content (AvgIpc) is 3.18. The molecule has 0 amide bonds. The maximum atomic E-state index is 13.4. The summed E-state index contributed by atoms with van der Waals surface area (Å²) >= 11 is 0. The molecule has 2 heteroatoms. The van der Waals surface area contributed by atoms with E-state index in [1.165, 1.54) is 22.4 Å². The van der Waals surface area contributed by atoms with E-state index in [4.69, 9.17) is 0 Å². The van der Waals surface area contributed by atoms with Crippen molar-refractivity contribution in [2.75, 3.05) is 5.32 Å². The van der Waals surface area contributed by atoms with Crippen molar-refractivity contribution in [3.05, 3.63) is 102 Å². The lowest BCUT2D eigenvalue weighted by atomic mass is 9.76. The van der Waals surface area contributed by atoms with Crippen LogP contribution in [0.15, 0.2) is 84.9 Å². The first kappa shape index (κ1) is 15.4. The molecule has 3 atom stereocenters. The molecular weight excluding hydrogens is 321 g/mol. The van der Waals surface area contributed by atoms with E-state index in [9.17, 15) is 4.39 Å². The Kier molecular flexibility index (Phi) is 3.63. The Balaban J connectivity index is 1.65. The van der Waals surface area contributed by atoms with Crippen LogP contribution in [0, 0.1) is 11.7 Å². The van der Waals surface area contributed by atoms with Gasteiger partial charge < -0.3 is 5.32 Å². The van der Waals surface area contributed by atoms with Gasteiger partial charge in [-0.3, -0.25) is 0 Å². The minimum absolute atomic E-state index is 0.184. The highest BCUT2D eigenvalue weighted by molar-refractivity contribution is 5.82. The minimum Gasteiger partial charge on any atom is -0.377 e. The van der Waals surface area contributed by atoms with Crippen LogP contribution in [-0.4, -0.2) is 0 Å². The molecule has 1 N–H and O–H groups in total. The minimum atomic E-state index is -0.184. The molecule has 1 heterocycles. The van der Waals surface area contributed by atoms with Crippen molar-refractivity contribution in [2.24, 2.45) is 5.92 Å². The molecule has 0 saturated heterocycles. The summed E-state index contributed by atoms with van der Waals surface area (Å²) in [7, 11) is 0. The Morgan fingerprint density at radius 3 is 2.46 bits per heavy atom. The van der Waals surface area contributed by atoms with Gasteiger partial charge in [0, 0.05) is 17.2 Å². The molecule has 0 aromatic heterocycles. The summed E-state index contributed by atoms with van der Waals surface area (Å²) in [6, 6.07) is 24.2. The van der Waals surface area contributed by atoms with Crippen LogP contribution < -0.4 is 5.32 Å². The normalized spacial score (nSPS) is 23.2. The van der Waals surface area contributed by atoms with Gasteiger partial charge in [0.1, 0.15) is 5.82 Å². The molecule has 3 aromatic carbocycles. The molecule has 0 fully saturated rings. The van der Waals surface area contributed by atoms with Crippen LogP contribution in [0.4, 0.5) is 10.1 Å². The summed E-state index contributed by atoms with van der Waals surface area (Å²) in [4.78, 5) is 0. The van der Waals surface area contributed by atoms with Gasteiger partial charge in [-0.05, 0) is 41.2 Å². The van der Waals surface area contributed by atoms with E-state index in [-0.39, 0.29) is 11.9 Å². The third kappa shape index (κ3) is 2.45. The van der Waals surface area contributed by atoms with E-state index in [0.29, 0.717) is 11.8 Å². The standard InChI is InChI=1S/C24H20FN/c25-18-14-12-17(13-15-18)23-21-10-5-9-20(21)22-11-4-8-19(24(22)26-23)16-6-2-1-3-7-16/h1-9,11-15,20-21,23,26H,10H2/t20-,21-,23-/m0/s1. The Bertz CT molecular complexity index is 959. The van der Waals surface area contributed by atoms with E-state index in [1.54, 1.807) is 12.1 Å². The first-order chi connectivity index (χ1) is 12.8. The van der Waals surface area contributed by atoms with Crippen molar-refractivity contribution in [2.45, 2.75) is 18.4 Å². The van der Waals surface area contributed by atoms with Gasteiger partial charge >= 0.3 is 0 Å². The van der Waals surface area contributed by atoms with Gasteiger partial charge in [0.05, 0.1) is 6.04 Å². The fourth-order valence-electron chi connectivity index (χ4n) is 4.48. The summed E-state index contributed by atoms with van der Waals surface area (Å²) in [5.74, 6) is 0.694. The first-order valence-electron chi connectivity index (χ1n) is 9.18. The first-order valence-corrected chi connectivity index (χ1v) is 9.18. The lowest BCUT2D eigenvalue weighted by Crippen LogP contribution is -2.29. The highest BCUT2D eigenvalue weighted by Gasteiger charge is 2.38. The molecule has 1 aliphatic heterocycles. The fraction of sp³-hybridized carbons (Fsp3) is 0.167. The molecule has 3 aromatic rings. The number of rotatable bonds is 2. The average molecular weight is 341 g/mol. The van der Waals surface area contributed by atoms with Crippen LogP contribution >= 0.6 is 0 Å². The second-order valence-electron chi connectivity index (χ2n) is 7.16. The Morgan fingerprint density at radius 1 is 0.846 bits per heavy atom. The third-order valence-corrected chi connectivity index (χ3v) is 5.71. The number of fused-ring (bicyclic) bond motifs is 3. The smallest absolute Gasteiger partial charge is 0.123 e. The summed E-state index contributed by atoms with van der Waals surface area (Å²) in [6.45, 7) is 0. The van der Waals surface area contributed by atoms with Gasteiger partial charge in [-0.2, -0.15) is 0 Å². The number of para-hydroxylation sites is 1. The van der Waals surface area contributed by atoms with Crippen LogP contribution in [-0.2, 0) is 0 Å². The van der Waals surface area contributed by atoms with E-state index < -0.39 is 0 Å². The van der Waals surface area contributed by atoms with Crippen molar-refractivity contribution in [3.8, 4) is 11.1 Å². The second kappa shape index (κ2) is 6.14. The number of halogens is 1. The van der Waals surface area contributed by atoms with Crippen LogP contribution in [0.25, 0.3) is 11.1 Å². The molecule has 26 heavy (non-hydrogen) atoms. The molecule has 0 radical (unpaired) electrons. The number of nitrogens with one attached hydrogen (secondary N) is 1. The highest BCUT2D eigenvalue weighted by atomic mass is 19.1. The maximum absolute atomic E-state index is 13.4. The molecule has 0 spiro atoms. The van der Waals surface area contributed by atoms with Crippen LogP contribution in [0.5, 0.6) is 0 Å². The molecule has 1 nitrogen and oxygen atoms in total. The zero-order chi connectivity index (χ0) is 17.5. The lowest BCUT2D eigenvalue weighted by molar-refractivity contribution is 0.425. The van der Waals surface area contributed by atoms with Crippen LogP contribution in [0.3, 0.4) is 0 Å². The topological polar surface area (TPSA) is 12.0 Å². The van der Waals surface area contributed by atoms with Crippen molar-refractivity contribution in [3.63, 3.8) is 0 Å². The number of benzene rings is 3. The third-order valence-electron chi connectivity index (χ3n) is 5.71. The molecule has 2 aliphatic rings. The highest BCUT2D eigenvalue weighted by Crippen LogP contribution is 2.52. The Hall–Kier alpha value is -2.87. The van der Waals surface area contributed by atoms with Crippen LogP contribution in [0.1, 0.15) is 29.5 Å². The monoisotopic (exact) mass is 341 g/mol. The zero-order valence-electron chi connectivity index (χ0n) is 14.4.